The third kappa shape index (κ3) is 2.73. The second kappa shape index (κ2) is 6.31. The number of hydrogen-bond donors (Lipinski definition) is 1. The summed E-state index contributed by atoms with van der Waals surface area (Å²) < 4.78 is 7.22. The molecular weight excluding hydrogens is 302 g/mol. The van der Waals surface area contributed by atoms with Crippen LogP contribution in [0.1, 0.15) is 15.9 Å². The number of aromatic nitrogens is 1. The van der Waals surface area contributed by atoms with Crippen molar-refractivity contribution < 1.29 is 9.53 Å². The Balaban J connectivity index is 2.08. The zero-order valence-electron chi connectivity index (χ0n) is 13.1. The van der Waals surface area contributed by atoms with E-state index in [2.05, 4.69) is 6.07 Å². The molecule has 24 heavy (non-hydrogen) atoms. The first kappa shape index (κ1) is 15.4. The lowest BCUT2D eigenvalue weighted by atomic mass is 10.0. The van der Waals surface area contributed by atoms with Crippen molar-refractivity contribution in [3.05, 3.63) is 72.1 Å². The molecule has 5 heteroatoms. The second-order valence-corrected chi connectivity index (χ2v) is 5.22. The predicted octanol–water partition coefficient (Wildman–Crippen LogP) is 3.12. The third-order valence-electron chi connectivity index (χ3n) is 3.79. The normalized spacial score (nSPS) is 10.2. The Morgan fingerprint density at radius 2 is 1.79 bits per heavy atom. The number of rotatable bonds is 4. The Bertz CT molecular complexity index is 934. The van der Waals surface area contributed by atoms with E-state index in [1.807, 2.05) is 35.0 Å². The molecule has 1 aromatic heterocycles. The molecule has 0 saturated heterocycles. The number of nitriles is 1. The molecule has 0 fully saturated rings. The zero-order valence-corrected chi connectivity index (χ0v) is 13.1. The molecule has 1 heterocycles. The summed E-state index contributed by atoms with van der Waals surface area (Å²) in [5, 5.41) is 9.46. The number of nitrogens with two attached hydrogens (primary N) is 1. The zero-order chi connectivity index (χ0) is 17.1. The monoisotopic (exact) mass is 317 g/mol. The standard InChI is InChI=1S/C19H15N3O2/c1-24-18-5-3-2-4-16(18)17-12-22(11-14(17)10-20)15-8-6-13(7-9-15)19(21)23/h2-9,11-12H,1H3,(H2,21,23). The lowest BCUT2D eigenvalue weighted by Crippen LogP contribution is -2.10. The van der Waals surface area contributed by atoms with Crippen molar-refractivity contribution in [2.45, 2.75) is 0 Å². The highest BCUT2D eigenvalue weighted by molar-refractivity contribution is 5.92. The average molecular weight is 317 g/mol. The number of hydrogen-bond acceptors (Lipinski definition) is 3. The molecule has 0 bridgehead atoms. The number of para-hydroxylation sites is 1. The highest BCUT2D eigenvalue weighted by atomic mass is 16.5. The van der Waals surface area contributed by atoms with Gasteiger partial charge in [-0.25, -0.2) is 0 Å². The molecule has 0 aliphatic carbocycles. The Hall–Kier alpha value is -3.52. The van der Waals surface area contributed by atoms with Gasteiger partial charge >= 0.3 is 0 Å². The van der Waals surface area contributed by atoms with Crippen LogP contribution in [0.2, 0.25) is 0 Å². The fourth-order valence-electron chi connectivity index (χ4n) is 2.57. The summed E-state index contributed by atoms with van der Waals surface area (Å²) in [7, 11) is 1.60. The van der Waals surface area contributed by atoms with Gasteiger partial charge in [0.1, 0.15) is 11.8 Å². The second-order valence-electron chi connectivity index (χ2n) is 5.22. The number of nitrogens with zero attached hydrogens (tertiary/aromatic N) is 2. The minimum absolute atomic E-state index is 0.441. The van der Waals surface area contributed by atoms with Gasteiger partial charge < -0.3 is 15.0 Å². The number of carbonyl (C=O) groups is 1. The van der Waals surface area contributed by atoms with Gasteiger partial charge in [-0.3, -0.25) is 4.79 Å². The topological polar surface area (TPSA) is 81.0 Å². The molecule has 0 saturated carbocycles. The van der Waals surface area contributed by atoms with Crippen molar-refractivity contribution >= 4 is 5.91 Å². The van der Waals surface area contributed by atoms with Crippen molar-refractivity contribution in [3.63, 3.8) is 0 Å². The van der Waals surface area contributed by atoms with Crippen LogP contribution < -0.4 is 10.5 Å². The fourth-order valence-corrected chi connectivity index (χ4v) is 2.57. The van der Waals surface area contributed by atoms with Crippen molar-refractivity contribution in [1.82, 2.24) is 4.57 Å². The quantitative estimate of drug-likeness (QED) is 0.802. The van der Waals surface area contributed by atoms with Gasteiger partial charge in [-0.2, -0.15) is 5.26 Å². The molecule has 2 N–H and O–H groups in total. The Kier molecular flexibility index (Phi) is 4.04. The van der Waals surface area contributed by atoms with Gasteiger partial charge in [-0.15, -0.1) is 0 Å². The van der Waals surface area contributed by atoms with Crippen LogP contribution in [-0.2, 0) is 0 Å². The van der Waals surface area contributed by atoms with Crippen LogP contribution in [0.4, 0.5) is 0 Å². The molecular formula is C19H15N3O2. The Morgan fingerprint density at radius 1 is 1.08 bits per heavy atom. The highest BCUT2D eigenvalue weighted by Gasteiger charge is 2.13. The Morgan fingerprint density at radius 3 is 2.42 bits per heavy atom. The molecule has 3 aromatic rings. The summed E-state index contributed by atoms with van der Waals surface area (Å²) in [5.41, 5.74) is 8.71. The molecule has 0 unspecified atom stereocenters. The smallest absolute Gasteiger partial charge is 0.248 e. The summed E-state index contributed by atoms with van der Waals surface area (Å²) in [5.74, 6) is 0.234. The van der Waals surface area contributed by atoms with Crippen LogP contribution in [0, 0.1) is 11.3 Å². The summed E-state index contributed by atoms with van der Waals surface area (Å²) in [6.07, 6.45) is 3.62. The average Bonchev–Trinajstić information content (AvgIpc) is 3.06. The van der Waals surface area contributed by atoms with Crippen molar-refractivity contribution in [3.8, 4) is 28.6 Å². The number of amides is 1. The molecule has 0 radical (unpaired) electrons. The molecule has 5 nitrogen and oxygen atoms in total. The lowest BCUT2D eigenvalue weighted by Gasteiger charge is -2.07. The van der Waals surface area contributed by atoms with Crippen LogP contribution >= 0.6 is 0 Å². The first-order valence-corrected chi connectivity index (χ1v) is 7.29. The first-order valence-electron chi connectivity index (χ1n) is 7.29. The van der Waals surface area contributed by atoms with Crippen molar-refractivity contribution in [2.24, 2.45) is 5.73 Å². The molecule has 0 aliphatic rings. The minimum Gasteiger partial charge on any atom is -0.496 e. The van der Waals surface area contributed by atoms with Gasteiger partial charge in [0.15, 0.2) is 0 Å². The predicted molar refractivity (Wildman–Crippen MR) is 91.0 cm³/mol. The van der Waals surface area contributed by atoms with E-state index in [0.717, 1.165) is 16.8 Å². The van der Waals surface area contributed by atoms with E-state index in [0.29, 0.717) is 16.9 Å². The number of benzene rings is 2. The van der Waals surface area contributed by atoms with Gasteiger partial charge in [0.2, 0.25) is 5.91 Å². The number of primary amides is 1. The third-order valence-corrected chi connectivity index (χ3v) is 3.79. The molecule has 118 valence electrons. The summed E-state index contributed by atoms with van der Waals surface area (Å²) in [4.78, 5) is 11.2. The van der Waals surface area contributed by atoms with E-state index in [-0.39, 0.29) is 0 Å². The van der Waals surface area contributed by atoms with E-state index < -0.39 is 5.91 Å². The summed E-state index contributed by atoms with van der Waals surface area (Å²) in [6, 6.07) is 16.7. The number of methoxy groups -OCH3 is 1. The fraction of sp³-hybridized carbons (Fsp3) is 0.0526. The maximum Gasteiger partial charge on any atom is 0.248 e. The van der Waals surface area contributed by atoms with Gasteiger partial charge in [0, 0.05) is 34.8 Å². The van der Waals surface area contributed by atoms with E-state index in [4.69, 9.17) is 10.5 Å². The van der Waals surface area contributed by atoms with Crippen LogP contribution in [0.3, 0.4) is 0 Å². The molecule has 0 aliphatic heterocycles. The molecule has 0 spiro atoms. The van der Waals surface area contributed by atoms with Crippen molar-refractivity contribution in [1.29, 1.82) is 5.26 Å². The number of carbonyl (C=O) groups excluding carboxylic acids is 1. The van der Waals surface area contributed by atoms with E-state index in [9.17, 15) is 10.1 Å². The molecule has 2 aromatic carbocycles. The summed E-state index contributed by atoms with van der Waals surface area (Å²) in [6.45, 7) is 0. The SMILES string of the molecule is COc1ccccc1-c1cn(-c2ccc(C(N)=O)cc2)cc1C#N. The first-order chi connectivity index (χ1) is 11.6. The molecule has 1 amide bonds. The maximum absolute atomic E-state index is 11.2. The van der Waals surface area contributed by atoms with Crippen LogP contribution in [0.25, 0.3) is 16.8 Å². The van der Waals surface area contributed by atoms with Gasteiger partial charge in [-0.05, 0) is 30.3 Å². The minimum atomic E-state index is -0.471. The van der Waals surface area contributed by atoms with Gasteiger partial charge in [0.25, 0.3) is 0 Å². The van der Waals surface area contributed by atoms with E-state index in [1.54, 1.807) is 37.6 Å². The highest BCUT2D eigenvalue weighted by Crippen LogP contribution is 2.33. The van der Waals surface area contributed by atoms with E-state index >= 15 is 0 Å². The lowest BCUT2D eigenvalue weighted by molar-refractivity contribution is 0.100. The summed E-state index contributed by atoms with van der Waals surface area (Å²) >= 11 is 0. The van der Waals surface area contributed by atoms with E-state index in [1.165, 1.54) is 0 Å². The molecule has 3 rings (SSSR count). The number of ether oxygens (including phenoxy) is 1. The van der Waals surface area contributed by atoms with Crippen LogP contribution in [0.15, 0.2) is 60.9 Å². The van der Waals surface area contributed by atoms with Crippen LogP contribution in [-0.4, -0.2) is 17.6 Å². The largest absolute Gasteiger partial charge is 0.496 e. The van der Waals surface area contributed by atoms with Crippen LogP contribution in [0.5, 0.6) is 5.75 Å². The van der Waals surface area contributed by atoms with Gasteiger partial charge in [-0.1, -0.05) is 18.2 Å². The maximum atomic E-state index is 11.2. The van der Waals surface area contributed by atoms with Gasteiger partial charge in [0.05, 0.1) is 12.7 Å². The Labute approximate surface area is 139 Å². The molecule has 0 atom stereocenters. The van der Waals surface area contributed by atoms with Crippen molar-refractivity contribution in [2.75, 3.05) is 7.11 Å².